The summed E-state index contributed by atoms with van der Waals surface area (Å²) >= 11 is 6.21. The maximum Gasteiger partial charge on any atom is 0.261 e. The molecule has 2 aromatic carbocycles. The highest BCUT2D eigenvalue weighted by Gasteiger charge is 2.38. The topological polar surface area (TPSA) is 66.6 Å². The van der Waals surface area contributed by atoms with Gasteiger partial charge < -0.3 is 10.6 Å². The van der Waals surface area contributed by atoms with Crippen LogP contribution < -0.4 is 5.73 Å². The van der Waals surface area contributed by atoms with Crippen molar-refractivity contribution in [1.82, 2.24) is 9.80 Å². The number of hydrogen-bond donors (Lipinski definition) is 1. The third-order valence-electron chi connectivity index (χ3n) is 5.10. The Bertz CT molecular complexity index is 876. The van der Waals surface area contributed by atoms with Gasteiger partial charge in [-0.1, -0.05) is 23.7 Å². The Hall–Kier alpha value is -1.82. The number of carbonyl (C=O) groups is 2. The monoisotopic (exact) mass is 379 g/mol. The summed E-state index contributed by atoms with van der Waals surface area (Å²) in [5.41, 5.74) is 7.46. The minimum atomic E-state index is -0.264. The molecule has 2 aliphatic heterocycles. The molecule has 0 unspecified atom stereocenters. The lowest BCUT2D eigenvalue weighted by atomic mass is 9.91. The van der Waals surface area contributed by atoms with E-state index in [0.717, 1.165) is 25.9 Å². The Kier molecular flexibility index (Phi) is 4.66. The summed E-state index contributed by atoms with van der Waals surface area (Å²) in [4.78, 5) is 29.7. The lowest BCUT2D eigenvalue weighted by molar-refractivity contribution is 0.0471. The highest BCUT2D eigenvalue weighted by atomic mass is 35.5. The van der Waals surface area contributed by atoms with Crippen LogP contribution in [0.15, 0.2) is 24.3 Å². The van der Waals surface area contributed by atoms with Crippen LogP contribution in [0.2, 0.25) is 5.02 Å². The summed E-state index contributed by atoms with van der Waals surface area (Å²) in [6, 6.07) is 6.88. The molecule has 2 aliphatic rings. The van der Waals surface area contributed by atoms with Crippen LogP contribution in [0.25, 0.3) is 10.8 Å². The zero-order valence-corrected chi connectivity index (χ0v) is 15.4. The first kappa shape index (κ1) is 18.0. The van der Waals surface area contributed by atoms with Crippen LogP contribution in [-0.4, -0.2) is 47.8 Å². The van der Waals surface area contributed by atoms with Crippen molar-refractivity contribution >= 4 is 52.3 Å². The van der Waals surface area contributed by atoms with Gasteiger partial charge in [-0.2, -0.15) is 0 Å². The predicted molar refractivity (Wildman–Crippen MR) is 102 cm³/mol. The van der Waals surface area contributed by atoms with Crippen molar-refractivity contribution in [2.75, 3.05) is 25.9 Å². The van der Waals surface area contributed by atoms with E-state index in [0.29, 0.717) is 32.6 Å². The molecule has 2 heterocycles. The number of amides is 2. The van der Waals surface area contributed by atoms with E-state index in [2.05, 4.69) is 11.9 Å². The number of halogens is 2. The van der Waals surface area contributed by atoms with Crippen molar-refractivity contribution in [3.63, 3.8) is 0 Å². The molecule has 2 amide bonds. The summed E-state index contributed by atoms with van der Waals surface area (Å²) in [5.74, 6) is -0.491. The molecule has 25 heavy (non-hydrogen) atoms. The van der Waals surface area contributed by atoms with E-state index in [1.807, 2.05) is 0 Å². The number of imide groups is 1. The highest BCUT2D eigenvalue weighted by molar-refractivity contribution is 6.37. The fourth-order valence-electron chi connectivity index (χ4n) is 3.76. The number of piperidine rings is 1. The van der Waals surface area contributed by atoms with Gasteiger partial charge in [-0.05, 0) is 45.1 Å². The zero-order chi connectivity index (χ0) is 17.0. The highest BCUT2D eigenvalue weighted by Crippen LogP contribution is 2.38. The molecule has 7 heteroatoms. The number of likely N-dealkylation sites (tertiary alicyclic amines) is 1. The van der Waals surface area contributed by atoms with Crippen molar-refractivity contribution in [2.45, 2.75) is 18.9 Å². The van der Waals surface area contributed by atoms with E-state index in [1.165, 1.54) is 4.90 Å². The van der Waals surface area contributed by atoms with Gasteiger partial charge in [0.2, 0.25) is 0 Å². The molecule has 0 saturated carbocycles. The van der Waals surface area contributed by atoms with Gasteiger partial charge in [0.1, 0.15) is 0 Å². The van der Waals surface area contributed by atoms with E-state index in [-0.39, 0.29) is 30.3 Å². The van der Waals surface area contributed by atoms with Gasteiger partial charge in [0.15, 0.2) is 0 Å². The summed E-state index contributed by atoms with van der Waals surface area (Å²) in [6.07, 6.45) is 1.59. The number of nitrogens with two attached hydrogens (primary N) is 1. The van der Waals surface area contributed by atoms with Crippen LogP contribution in [0.4, 0.5) is 5.69 Å². The molecule has 0 spiro atoms. The second-order valence-electron chi connectivity index (χ2n) is 6.56. The van der Waals surface area contributed by atoms with Gasteiger partial charge in [0.05, 0.1) is 16.3 Å². The summed E-state index contributed by atoms with van der Waals surface area (Å²) in [7, 11) is 2.05. The van der Waals surface area contributed by atoms with Gasteiger partial charge in [0, 0.05) is 22.4 Å². The van der Waals surface area contributed by atoms with Crippen LogP contribution in [0.1, 0.15) is 33.6 Å². The number of rotatable bonds is 1. The van der Waals surface area contributed by atoms with Crippen LogP contribution >= 0.6 is 24.0 Å². The Morgan fingerprint density at radius 2 is 1.76 bits per heavy atom. The number of carbonyl (C=O) groups excluding carboxylic acids is 2. The maximum atomic E-state index is 13.0. The van der Waals surface area contributed by atoms with Crippen LogP contribution in [0, 0.1) is 0 Å². The lowest BCUT2D eigenvalue weighted by Gasteiger charge is -2.38. The van der Waals surface area contributed by atoms with Gasteiger partial charge in [-0.15, -0.1) is 12.4 Å². The Labute approximate surface area is 157 Å². The largest absolute Gasteiger partial charge is 0.397 e. The van der Waals surface area contributed by atoms with Crippen molar-refractivity contribution in [2.24, 2.45) is 0 Å². The minimum absolute atomic E-state index is 0. The van der Waals surface area contributed by atoms with Crippen molar-refractivity contribution in [3.8, 4) is 0 Å². The molecule has 1 fully saturated rings. The molecule has 0 aromatic heterocycles. The minimum Gasteiger partial charge on any atom is -0.397 e. The van der Waals surface area contributed by atoms with E-state index < -0.39 is 0 Å². The molecule has 2 N–H and O–H groups in total. The molecule has 132 valence electrons. The van der Waals surface area contributed by atoms with Gasteiger partial charge in [-0.3, -0.25) is 14.5 Å². The predicted octanol–water partition coefficient (Wildman–Crippen LogP) is 3.19. The molecule has 1 saturated heterocycles. The van der Waals surface area contributed by atoms with Gasteiger partial charge in [-0.25, -0.2) is 0 Å². The number of anilines is 1. The summed E-state index contributed by atoms with van der Waals surface area (Å²) in [5, 5.41) is 1.64. The molecular weight excluding hydrogens is 361 g/mol. The van der Waals surface area contributed by atoms with Gasteiger partial charge in [0.25, 0.3) is 11.8 Å². The molecule has 0 bridgehead atoms. The Morgan fingerprint density at radius 3 is 2.44 bits per heavy atom. The summed E-state index contributed by atoms with van der Waals surface area (Å²) < 4.78 is 0. The average Bonchev–Trinajstić information content (AvgIpc) is 2.58. The maximum absolute atomic E-state index is 13.0. The molecule has 0 radical (unpaired) electrons. The van der Waals surface area contributed by atoms with Crippen molar-refractivity contribution < 1.29 is 9.59 Å². The first-order valence-corrected chi connectivity index (χ1v) is 8.44. The van der Waals surface area contributed by atoms with E-state index >= 15 is 0 Å². The number of hydrogen-bond acceptors (Lipinski definition) is 4. The number of nitrogen functional groups attached to an aromatic ring is 1. The van der Waals surface area contributed by atoms with E-state index in [1.54, 1.807) is 24.3 Å². The van der Waals surface area contributed by atoms with Crippen molar-refractivity contribution in [3.05, 3.63) is 40.4 Å². The molecule has 0 aliphatic carbocycles. The smallest absolute Gasteiger partial charge is 0.261 e. The second-order valence-corrected chi connectivity index (χ2v) is 6.97. The quantitative estimate of drug-likeness (QED) is 0.610. The second kappa shape index (κ2) is 6.48. The van der Waals surface area contributed by atoms with Gasteiger partial charge >= 0.3 is 0 Å². The Morgan fingerprint density at radius 1 is 1.12 bits per heavy atom. The molecule has 0 atom stereocenters. The first-order chi connectivity index (χ1) is 11.5. The SMILES string of the molecule is CN1CCC(N2C(=O)c3cccc4c(N)c(Cl)cc(c34)C2=O)CC1.Cl. The van der Waals surface area contributed by atoms with Crippen LogP contribution in [0.3, 0.4) is 0 Å². The fourth-order valence-corrected chi connectivity index (χ4v) is 3.97. The van der Waals surface area contributed by atoms with E-state index in [9.17, 15) is 9.59 Å². The zero-order valence-electron chi connectivity index (χ0n) is 13.8. The fraction of sp³-hybridized carbons (Fsp3) is 0.333. The van der Waals surface area contributed by atoms with Crippen LogP contribution in [-0.2, 0) is 0 Å². The number of nitrogens with zero attached hydrogens (tertiary/aromatic N) is 2. The Balaban J connectivity index is 0.00000182. The standard InChI is InChI=1S/C18H18ClN3O2.ClH/c1-21-7-5-10(6-8-21)22-17(23)12-4-2-3-11-15(12)13(18(22)24)9-14(19)16(11)20;/h2-4,9-10H,5-8,20H2,1H3;1H. The third kappa shape index (κ3) is 2.67. The molecule has 5 nitrogen and oxygen atoms in total. The molecule has 4 rings (SSSR count). The average molecular weight is 380 g/mol. The third-order valence-corrected chi connectivity index (χ3v) is 5.42. The molecular formula is C18H19Cl2N3O2. The number of benzene rings is 2. The molecule has 2 aromatic rings. The van der Waals surface area contributed by atoms with Crippen molar-refractivity contribution in [1.29, 1.82) is 0 Å². The first-order valence-electron chi connectivity index (χ1n) is 8.06. The van der Waals surface area contributed by atoms with E-state index in [4.69, 9.17) is 17.3 Å². The lowest BCUT2D eigenvalue weighted by Crippen LogP contribution is -2.51. The summed E-state index contributed by atoms with van der Waals surface area (Å²) in [6.45, 7) is 1.75. The van der Waals surface area contributed by atoms with Crippen LogP contribution in [0.5, 0.6) is 0 Å². The normalized spacial score (nSPS) is 18.6.